The summed E-state index contributed by atoms with van der Waals surface area (Å²) in [5, 5.41) is 12.8. The van der Waals surface area contributed by atoms with Crippen molar-refractivity contribution in [2.75, 3.05) is 35.7 Å². The van der Waals surface area contributed by atoms with E-state index in [1.807, 2.05) is 24.1 Å². The van der Waals surface area contributed by atoms with Gasteiger partial charge in [-0.05, 0) is 42.7 Å². The van der Waals surface area contributed by atoms with E-state index in [2.05, 4.69) is 39.3 Å². The average molecular weight is 490 g/mol. The Kier molecular flexibility index (Phi) is 7.67. The standard InChI is InChI=1S/C14H18N2OS.C11H9N5O/c1-15-12-10-11(16-7-2-3-8-16)4-5-13(12)18-9-6-14(15)17;12-5-8-3-1-2-4-9(8)6-16-7-14-11(15-16)10(13)17/h4-5,10H,2-3,6-9H2,1H3;1-4,7H,6H2,(H2,13,17). The Hall–Kier alpha value is -3.84. The number of anilines is 2. The van der Waals surface area contributed by atoms with E-state index in [4.69, 9.17) is 11.0 Å². The minimum Gasteiger partial charge on any atom is -0.371 e. The zero-order chi connectivity index (χ0) is 24.8. The van der Waals surface area contributed by atoms with Crippen molar-refractivity contribution in [2.45, 2.75) is 30.7 Å². The number of benzene rings is 2. The molecule has 180 valence electrons. The molecule has 0 unspecified atom stereocenters. The summed E-state index contributed by atoms with van der Waals surface area (Å²) in [4.78, 5) is 31.9. The van der Waals surface area contributed by atoms with Crippen molar-refractivity contribution in [3.63, 3.8) is 0 Å². The Labute approximate surface area is 208 Å². The molecule has 1 saturated heterocycles. The number of nitrogens with zero attached hydrogens (tertiary/aromatic N) is 6. The molecule has 2 N–H and O–H groups in total. The number of thioether (sulfide) groups is 1. The Bertz CT molecular complexity index is 1260. The van der Waals surface area contributed by atoms with Gasteiger partial charge in [0.1, 0.15) is 6.33 Å². The summed E-state index contributed by atoms with van der Waals surface area (Å²) in [6.45, 7) is 2.66. The van der Waals surface area contributed by atoms with Crippen molar-refractivity contribution >= 4 is 35.0 Å². The maximum absolute atomic E-state index is 11.9. The van der Waals surface area contributed by atoms with Crippen molar-refractivity contribution in [2.24, 2.45) is 5.73 Å². The van der Waals surface area contributed by atoms with Gasteiger partial charge in [0, 0.05) is 42.9 Å². The quantitative estimate of drug-likeness (QED) is 0.598. The van der Waals surface area contributed by atoms with Gasteiger partial charge in [-0.25, -0.2) is 9.67 Å². The van der Waals surface area contributed by atoms with E-state index < -0.39 is 5.91 Å². The average Bonchev–Trinajstić information content (AvgIpc) is 3.55. The van der Waals surface area contributed by atoms with Crippen LogP contribution in [-0.4, -0.2) is 52.5 Å². The number of aromatic nitrogens is 3. The van der Waals surface area contributed by atoms with E-state index in [0.717, 1.165) is 30.1 Å². The third kappa shape index (κ3) is 5.81. The highest BCUT2D eigenvalue weighted by Gasteiger charge is 2.21. The van der Waals surface area contributed by atoms with Gasteiger partial charge in [0.2, 0.25) is 11.7 Å². The van der Waals surface area contributed by atoms with Gasteiger partial charge in [0.25, 0.3) is 5.91 Å². The monoisotopic (exact) mass is 489 g/mol. The van der Waals surface area contributed by atoms with Crippen LogP contribution in [0.15, 0.2) is 53.7 Å². The molecule has 1 fully saturated rings. The topological polar surface area (TPSA) is 121 Å². The van der Waals surface area contributed by atoms with E-state index in [-0.39, 0.29) is 11.7 Å². The van der Waals surface area contributed by atoms with E-state index in [9.17, 15) is 9.59 Å². The first-order chi connectivity index (χ1) is 17.0. The van der Waals surface area contributed by atoms with Crippen LogP contribution in [-0.2, 0) is 11.3 Å². The molecule has 5 rings (SSSR count). The highest BCUT2D eigenvalue weighted by Crippen LogP contribution is 2.37. The molecule has 3 aromatic rings. The zero-order valence-corrected chi connectivity index (χ0v) is 20.4. The molecular weight excluding hydrogens is 462 g/mol. The lowest BCUT2D eigenvalue weighted by Gasteiger charge is -2.22. The summed E-state index contributed by atoms with van der Waals surface area (Å²) in [7, 11) is 1.89. The minimum absolute atomic E-state index is 0.0283. The van der Waals surface area contributed by atoms with Crippen LogP contribution in [0.25, 0.3) is 0 Å². The number of fused-ring (bicyclic) bond motifs is 1. The van der Waals surface area contributed by atoms with E-state index in [1.54, 1.807) is 23.9 Å². The molecule has 9 nitrogen and oxygen atoms in total. The molecule has 35 heavy (non-hydrogen) atoms. The Morgan fingerprint density at radius 1 is 1.20 bits per heavy atom. The second-order valence-electron chi connectivity index (χ2n) is 8.30. The van der Waals surface area contributed by atoms with Crippen molar-refractivity contribution in [1.29, 1.82) is 5.26 Å². The second kappa shape index (κ2) is 11.1. The molecule has 0 radical (unpaired) electrons. The van der Waals surface area contributed by atoms with Crippen LogP contribution in [0.4, 0.5) is 11.4 Å². The first kappa shape index (κ1) is 24.3. The highest BCUT2D eigenvalue weighted by atomic mass is 32.2. The number of hydrogen-bond donors (Lipinski definition) is 1. The largest absolute Gasteiger partial charge is 0.371 e. The lowest BCUT2D eigenvalue weighted by molar-refractivity contribution is -0.117. The number of carbonyl (C=O) groups excluding carboxylic acids is 2. The minimum atomic E-state index is -0.669. The number of hydrogen-bond acceptors (Lipinski definition) is 7. The van der Waals surface area contributed by atoms with E-state index >= 15 is 0 Å². The third-order valence-electron chi connectivity index (χ3n) is 5.95. The number of primary amides is 1. The zero-order valence-electron chi connectivity index (χ0n) is 19.6. The normalized spacial score (nSPS) is 15.0. The molecule has 0 bridgehead atoms. The molecule has 2 aliphatic heterocycles. The Balaban J connectivity index is 0.000000165. The predicted octanol–water partition coefficient (Wildman–Crippen LogP) is 3.04. The molecular formula is C25H27N7O2S. The first-order valence-electron chi connectivity index (χ1n) is 11.4. The summed E-state index contributed by atoms with van der Waals surface area (Å²) < 4.78 is 1.47. The van der Waals surface area contributed by atoms with E-state index in [0.29, 0.717) is 18.5 Å². The van der Waals surface area contributed by atoms with Crippen LogP contribution in [0.3, 0.4) is 0 Å². The number of nitrogens with two attached hydrogens (primary N) is 1. The summed E-state index contributed by atoms with van der Waals surface area (Å²) in [6.07, 6.45) is 4.60. The maximum atomic E-state index is 11.9. The molecule has 3 heterocycles. The molecule has 0 atom stereocenters. The SMILES string of the molecule is CN1C(=O)CCSc2ccc(N3CCCC3)cc21.N#Cc1ccccc1Cn1cnc(C(N)=O)n1. The van der Waals surface area contributed by atoms with Crippen LogP contribution in [0.2, 0.25) is 0 Å². The molecule has 2 amide bonds. The second-order valence-corrected chi connectivity index (χ2v) is 9.43. The fourth-order valence-electron chi connectivity index (χ4n) is 4.04. The molecule has 0 spiro atoms. The highest BCUT2D eigenvalue weighted by molar-refractivity contribution is 7.99. The molecule has 2 aromatic carbocycles. The molecule has 2 aliphatic rings. The van der Waals surface area contributed by atoms with Crippen molar-refractivity contribution in [1.82, 2.24) is 14.8 Å². The van der Waals surface area contributed by atoms with Crippen LogP contribution >= 0.6 is 11.8 Å². The number of rotatable bonds is 4. The third-order valence-corrected chi connectivity index (χ3v) is 7.01. The van der Waals surface area contributed by atoms with Gasteiger partial charge in [0.05, 0.1) is 23.9 Å². The van der Waals surface area contributed by atoms with Gasteiger partial charge in [0.15, 0.2) is 0 Å². The van der Waals surface area contributed by atoms with Crippen LogP contribution < -0.4 is 15.5 Å². The van der Waals surface area contributed by atoms with Gasteiger partial charge in [-0.3, -0.25) is 9.59 Å². The molecule has 0 saturated carbocycles. The van der Waals surface area contributed by atoms with Crippen LogP contribution in [0, 0.1) is 11.3 Å². The smallest absolute Gasteiger partial charge is 0.288 e. The van der Waals surface area contributed by atoms with Crippen LogP contribution in [0.5, 0.6) is 0 Å². The van der Waals surface area contributed by atoms with E-state index in [1.165, 1.54) is 34.4 Å². The van der Waals surface area contributed by atoms with Gasteiger partial charge in [-0.1, -0.05) is 18.2 Å². The van der Waals surface area contributed by atoms with Gasteiger partial charge in [-0.2, -0.15) is 5.26 Å². The van der Waals surface area contributed by atoms with Crippen molar-refractivity contribution in [3.05, 3.63) is 65.7 Å². The summed E-state index contributed by atoms with van der Waals surface area (Å²) >= 11 is 1.79. The Morgan fingerprint density at radius 2 is 1.97 bits per heavy atom. The summed E-state index contributed by atoms with van der Waals surface area (Å²) in [6, 6.07) is 15.8. The van der Waals surface area contributed by atoms with Crippen molar-refractivity contribution < 1.29 is 9.59 Å². The lowest BCUT2D eigenvalue weighted by atomic mass is 10.1. The molecule has 10 heteroatoms. The van der Waals surface area contributed by atoms with Gasteiger partial charge >= 0.3 is 0 Å². The summed E-state index contributed by atoms with van der Waals surface area (Å²) in [5.74, 6) is 0.413. The first-order valence-corrected chi connectivity index (χ1v) is 12.4. The predicted molar refractivity (Wildman–Crippen MR) is 135 cm³/mol. The number of amides is 2. The van der Waals surface area contributed by atoms with Gasteiger partial charge < -0.3 is 15.5 Å². The van der Waals surface area contributed by atoms with Crippen molar-refractivity contribution in [3.8, 4) is 6.07 Å². The lowest BCUT2D eigenvalue weighted by Crippen LogP contribution is -2.26. The maximum Gasteiger partial charge on any atom is 0.288 e. The number of nitriles is 1. The van der Waals surface area contributed by atoms with Crippen LogP contribution in [0.1, 0.15) is 41.0 Å². The fourth-order valence-corrected chi connectivity index (χ4v) is 5.04. The van der Waals surface area contributed by atoms with Gasteiger partial charge in [-0.15, -0.1) is 16.9 Å². The number of carbonyl (C=O) groups is 2. The Morgan fingerprint density at radius 3 is 2.69 bits per heavy atom. The summed E-state index contributed by atoms with van der Waals surface area (Å²) in [5.41, 5.74) is 8.77. The molecule has 1 aromatic heterocycles. The molecule has 0 aliphatic carbocycles. The fraction of sp³-hybridized carbons (Fsp3) is 0.320.